The molecule has 0 aliphatic heterocycles. The van der Waals surface area contributed by atoms with E-state index in [1.807, 2.05) is 0 Å². The van der Waals surface area contributed by atoms with Crippen LogP contribution in [0.15, 0.2) is 45.8 Å². The van der Waals surface area contributed by atoms with Gasteiger partial charge in [-0.2, -0.15) is 0 Å². The monoisotopic (exact) mass is 446 g/mol. The SMILES string of the molecule is O=C(COc1ccc(Cl)cc1Cl)NCCCCn1cc(Br)ccc1=O. The van der Waals surface area contributed by atoms with Crippen molar-refractivity contribution in [2.75, 3.05) is 13.2 Å². The van der Waals surface area contributed by atoms with Gasteiger partial charge in [0.05, 0.1) is 5.02 Å². The number of benzene rings is 1. The first-order valence-corrected chi connectivity index (χ1v) is 9.21. The lowest BCUT2D eigenvalue weighted by molar-refractivity contribution is -0.123. The Morgan fingerprint density at radius 3 is 2.76 bits per heavy atom. The summed E-state index contributed by atoms with van der Waals surface area (Å²) in [6.07, 6.45) is 3.29. The first kappa shape index (κ1) is 19.8. The molecule has 2 aromatic rings. The molecular weight excluding hydrogens is 431 g/mol. The standard InChI is InChI=1S/C17H17BrCl2N2O3/c18-12-3-6-17(24)22(10-12)8-2-1-7-21-16(23)11-25-15-5-4-13(19)9-14(15)20/h3-6,9-10H,1-2,7-8,11H2,(H,21,23). The molecule has 0 saturated carbocycles. The van der Waals surface area contributed by atoms with Crippen LogP contribution >= 0.6 is 39.1 Å². The molecule has 0 atom stereocenters. The summed E-state index contributed by atoms with van der Waals surface area (Å²) < 4.78 is 7.85. The highest BCUT2D eigenvalue weighted by molar-refractivity contribution is 9.10. The molecule has 0 radical (unpaired) electrons. The summed E-state index contributed by atoms with van der Waals surface area (Å²) in [4.78, 5) is 23.4. The number of amides is 1. The van der Waals surface area contributed by atoms with Gasteiger partial charge >= 0.3 is 0 Å². The first-order chi connectivity index (χ1) is 12.0. The van der Waals surface area contributed by atoms with Gasteiger partial charge in [-0.25, -0.2) is 0 Å². The van der Waals surface area contributed by atoms with E-state index in [1.165, 1.54) is 6.07 Å². The number of unbranched alkanes of at least 4 members (excludes halogenated alkanes) is 1. The van der Waals surface area contributed by atoms with Crippen LogP contribution in [0.25, 0.3) is 0 Å². The lowest BCUT2D eigenvalue weighted by Crippen LogP contribution is -2.30. The summed E-state index contributed by atoms with van der Waals surface area (Å²) in [5.41, 5.74) is -0.0412. The molecule has 1 aromatic heterocycles. The highest BCUT2D eigenvalue weighted by atomic mass is 79.9. The molecule has 0 aliphatic rings. The normalized spacial score (nSPS) is 10.5. The maximum absolute atomic E-state index is 11.8. The Bertz CT molecular complexity index is 796. The number of halogens is 3. The van der Waals surface area contributed by atoms with Crippen molar-refractivity contribution in [3.63, 3.8) is 0 Å². The van der Waals surface area contributed by atoms with E-state index in [0.717, 1.165) is 17.3 Å². The Kier molecular flexibility index (Phi) is 7.81. The molecule has 1 amide bonds. The summed E-state index contributed by atoms with van der Waals surface area (Å²) in [6.45, 7) is 0.997. The number of nitrogens with zero attached hydrogens (tertiary/aromatic N) is 1. The van der Waals surface area contributed by atoms with Gasteiger partial charge in [-0.3, -0.25) is 9.59 Å². The molecule has 1 heterocycles. The van der Waals surface area contributed by atoms with Gasteiger partial charge in [0.25, 0.3) is 11.5 Å². The van der Waals surface area contributed by atoms with Crippen LogP contribution in [0.1, 0.15) is 12.8 Å². The van der Waals surface area contributed by atoms with Crippen molar-refractivity contribution in [3.8, 4) is 5.75 Å². The zero-order valence-electron chi connectivity index (χ0n) is 13.3. The maximum atomic E-state index is 11.8. The van der Waals surface area contributed by atoms with E-state index in [9.17, 15) is 9.59 Å². The average Bonchev–Trinajstić information content (AvgIpc) is 2.56. The molecule has 1 N–H and O–H groups in total. The van der Waals surface area contributed by atoms with E-state index in [2.05, 4.69) is 21.2 Å². The maximum Gasteiger partial charge on any atom is 0.257 e. The second-order valence-electron chi connectivity index (χ2n) is 5.30. The number of aryl methyl sites for hydroxylation is 1. The second-order valence-corrected chi connectivity index (χ2v) is 7.06. The van der Waals surface area contributed by atoms with E-state index in [1.54, 1.807) is 35.0 Å². The van der Waals surface area contributed by atoms with Gasteiger partial charge in [0, 0.05) is 34.8 Å². The second kappa shape index (κ2) is 9.85. The average molecular weight is 448 g/mol. The van der Waals surface area contributed by atoms with Gasteiger partial charge in [0.2, 0.25) is 0 Å². The molecule has 0 fully saturated rings. The van der Waals surface area contributed by atoms with Gasteiger partial charge in [-0.15, -0.1) is 0 Å². The summed E-state index contributed by atoms with van der Waals surface area (Å²) in [5, 5.41) is 3.63. The molecular formula is C17H17BrCl2N2O3. The van der Waals surface area contributed by atoms with Crippen molar-refractivity contribution in [3.05, 3.63) is 61.4 Å². The number of carbonyl (C=O) groups is 1. The van der Waals surface area contributed by atoms with E-state index >= 15 is 0 Å². The molecule has 0 spiro atoms. The molecule has 5 nitrogen and oxygen atoms in total. The van der Waals surface area contributed by atoms with Crippen LogP contribution in [-0.4, -0.2) is 23.6 Å². The lowest BCUT2D eigenvalue weighted by atomic mass is 10.3. The third-order valence-corrected chi connectivity index (χ3v) is 4.35. The number of carbonyl (C=O) groups excluding carboxylic acids is 1. The van der Waals surface area contributed by atoms with Crippen molar-refractivity contribution >= 4 is 45.0 Å². The molecule has 0 aliphatic carbocycles. The van der Waals surface area contributed by atoms with Crippen molar-refractivity contribution in [1.29, 1.82) is 0 Å². The van der Waals surface area contributed by atoms with Gasteiger partial charge in [-0.05, 0) is 53.0 Å². The molecule has 0 unspecified atom stereocenters. The topological polar surface area (TPSA) is 60.3 Å². The van der Waals surface area contributed by atoms with Crippen LogP contribution in [-0.2, 0) is 11.3 Å². The van der Waals surface area contributed by atoms with Crippen molar-refractivity contribution in [1.82, 2.24) is 9.88 Å². The molecule has 25 heavy (non-hydrogen) atoms. The van der Waals surface area contributed by atoms with Crippen LogP contribution in [0, 0.1) is 0 Å². The van der Waals surface area contributed by atoms with Crippen molar-refractivity contribution < 1.29 is 9.53 Å². The van der Waals surface area contributed by atoms with E-state index in [0.29, 0.717) is 28.9 Å². The summed E-state index contributed by atoms with van der Waals surface area (Å²) in [6, 6.07) is 8.05. The highest BCUT2D eigenvalue weighted by Crippen LogP contribution is 2.27. The molecule has 8 heteroatoms. The predicted octanol–water partition coefficient (Wildman–Crippen LogP) is 3.89. The Balaban J connectivity index is 1.65. The zero-order chi connectivity index (χ0) is 18.2. The fourth-order valence-electron chi connectivity index (χ4n) is 2.10. The quantitative estimate of drug-likeness (QED) is 0.624. The minimum Gasteiger partial charge on any atom is -0.482 e. The van der Waals surface area contributed by atoms with Gasteiger partial charge in [0.15, 0.2) is 6.61 Å². The van der Waals surface area contributed by atoms with Crippen molar-refractivity contribution in [2.45, 2.75) is 19.4 Å². The molecule has 1 aromatic carbocycles. The summed E-state index contributed by atoms with van der Waals surface area (Å²) in [5.74, 6) is 0.181. The number of hydrogen-bond acceptors (Lipinski definition) is 3. The Morgan fingerprint density at radius 1 is 1.20 bits per heavy atom. The Morgan fingerprint density at radius 2 is 2.00 bits per heavy atom. The van der Waals surface area contributed by atoms with E-state index in [-0.39, 0.29) is 18.1 Å². The number of rotatable bonds is 8. The Labute approximate surface area is 164 Å². The minimum absolute atomic E-state index is 0.0412. The van der Waals surface area contributed by atoms with E-state index < -0.39 is 0 Å². The van der Waals surface area contributed by atoms with Crippen LogP contribution in [0.3, 0.4) is 0 Å². The number of ether oxygens (including phenoxy) is 1. The Hall–Kier alpha value is -1.50. The number of pyridine rings is 1. The minimum atomic E-state index is -0.231. The van der Waals surface area contributed by atoms with Gasteiger partial charge in [0.1, 0.15) is 5.75 Å². The van der Waals surface area contributed by atoms with Crippen LogP contribution in [0.4, 0.5) is 0 Å². The number of nitrogens with one attached hydrogen (secondary N) is 1. The lowest BCUT2D eigenvalue weighted by Gasteiger charge is -2.09. The summed E-state index contributed by atoms with van der Waals surface area (Å²) >= 11 is 15.1. The molecule has 2 rings (SSSR count). The van der Waals surface area contributed by atoms with E-state index in [4.69, 9.17) is 27.9 Å². The van der Waals surface area contributed by atoms with Crippen LogP contribution in [0.2, 0.25) is 10.0 Å². The highest BCUT2D eigenvalue weighted by Gasteiger charge is 2.06. The predicted molar refractivity (Wildman–Crippen MR) is 103 cm³/mol. The fraction of sp³-hybridized carbons (Fsp3) is 0.294. The third kappa shape index (κ3) is 6.72. The van der Waals surface area contributed by atoms with Gasteiger partial charge < -0.3 is 14.6 Å². The number of aromatic nitrogens is 1. The number of hydrogen-bond donors (Lipinski definition) is 1. The van der Waals surface area contributed by atoms with Gasteiger partial charge in [-0.1, -0.05) is 23.2 Å². The van der Waals surface area contributed by atoms with Crippen molar-refractivity contribution in [2.24, 2.45) is 0 Å². The van der Waals surface area contributed by atoms with Crippen LogP contribution < -0.4 is 15.6 Å². The van der Waals surface area contributed by atoms with Crippen LogP contribution in [0.5, 0.6) is 5.75 Å². The summed E-state index contributed by atoms with van der Waals surface area (Å²) in [7, 11) is 0. The largest absolute Gasteiger partial charge is 0.482 e. The third-order valence-electron chi connectivity index (χ3n) is 3.35. The molecule has 0 saturated heterocycles. The zero-order valence-corrected chi connectivity index (χ0v) is 16.4. The molecule has 134 valence electrons. The smallest absolute Gasteiger partial charge is 0.257 e. The first-order valence-electron chi connectivity index (χ1n) is 7.66. The fourth-order valence-corrected chi connectivity index (χ4v) is 2.94. The molecule has 0 bridgehead atoms.